The van der Waals surface area contributed by atoms with Crippen molar-refractivity contribution in [3.05, 3.63) is 141 Å². The second-order valence-corrected chi connectivity index (χ2v) is 8.69. The van der Waals surface area contributed by atoms with E-state index in [1.807, 2.05) is 32.0 Å². The Hall–Kier alpha value is -4.44. The summed E-state index contributed by atoms with van der Waals surface area (Å²) < 4.78 is 0. The van der Waals surface area contributed by atoms with Gasteiger partial charge in [-0.3, -0.25) is 19.2 Å². The van der Waals surface area contributed by atoms with Crippen molar-refractivity contribution in [3.8, 4) is 0 Å². The maximum Gasteiger partial charge on any atom is 0.194 e. The minimum absolute atomic E-state index is 0.0458. The zero-order valence-corrected chi connectivity index (χ0v) is 19.4. The van der Waals surface area contributed by atoms with E-state index in [0.717, 1.165) is 17.5 Å². The largest absolute Gasteiger partial charge is 0.289 e. The molecule has 0 heterocycles. The lowest BCUT2D eigenvalue weighted by Gasteiger charge is -2.17. The molecule has 0 bridgehead atoms. The fraction of sp³-hybridized carbons (Fsp3) is 0.0968. The molecule has 4 nitrogen and oxygen atoms in total. The van der Waals surface area contributed by atoms with E-state index in [1.165, 1.54) is 0 Å². The third kappa shape index (κ3) is 3.73. The normalized spacial score (nSPS) is 13.2. The van der Waals surface area contributed by atoms with Gasteiger partial charge < -0.3 is 0 Å². The van der Waals surface area contributed by atoms with Crippen molar-refractivity contribution < 1.29 is 19.2 Å². The number of fused-ring (bicyclic) bond motifs is 4. The molecule has 0 unspecified atom stereocenters. The minimum atomic E-state index is -0.0600. The van der Waals surface area contributed by atoms with Crippen LogP contribution in [0.1, 0.15) is 81.7 Å². The maximum absolute atomic E-state index is 12.4. The van der Waals surface area contributed by atoms with Crippen LogP contribution in [0.25, 0.3) is 0 Å². The molecule has 0 atom stereocenters. The number of carbonyl (C=O) groups excluding carboxylic acids is 4. The monoisotopic (exact) mass is 458 g/mol. The molecule has 0 fully saturated rings. The number of hydrogen-bond donors (Lipinski definition) is 0. The Bertz CT molecular complexity index is 1560. The molecule has 35 heavy (non-hydrogen) atoms. The summed E-state index contributed by atoms with van der Waals surface area (Å²) in [4.78, 5) is 49.1. The number of hydrogen-bond acceptors (Lipinski definition) is 4. The van der Waals surface area contributed by atoms with Crippen LogP contribution in [0.5, 0.6) is 0 Å². The molecule has 0 amide bonds. The first-order valence-electron chi connectivity index (χ1n) is 11.5. The van der Waals surface area contributed by atoms with Crippen molar-refractivity contribution in [1.29, 1.82) is 0 Å². The second-order valence-electron chi connectivity index (χ2n) is 8.69. The van der Waals surface area contributed by atoms with Crippen LogP contribution in [0.3, 0.4) is 0 Å². The molecule has 2 aliphatic carbocycles. The number of aryl methyl sites for hydroxylation is 2. The third-order valence-corrected chi connectivity index (χ3v) is 6.48. The van der Waals surface area contributed by atoms with Crippen molar-refractivity contribution in [2.45, 2.75) is 20.3 Å². The summed E-state index contributed by atoms with van der Waals surface area (Å²) in [5, 5.41) is 0. The molecule has 0 saturated carbocycles. The van der Waals surface area contributed by atoms with Crippen LogP contribution in [0.2, 0.25) is 0 Å². The average Bonchev–Trinajstić information content (AvgIpc) is 2.90. The van der Waals surface area contributed by atoms with Gasteiger partial charge in [0.1, 0.15) is 0 Å². The quantitative estimate of drug-likeness (QED) is 0.313. The van der Waals surface area contributed by atoms with Crippen molar-refractivity contribution in [2.24, 2.45) is 0 Å². The van der Waals surface area contributed by atoms with Gasteiger partial charge >= 0.3 is 0 Å². The number of carbonyl (C=O) groups is 4. The zero-order valence-electron chi connectivity index (χ0n) is 19.4. The summed E-state index contributed by atoms with van der Waals surface area (Å²) in [5.74, 6) is -0.215. The van der Waals surface area contributed by atoms with Gasteiger partial charge in [-0.1, -0.05) is 85.3 Å². The molecule has 4 heteroatoms. The van der Waals surface area contributed by atoms with Gasteiger partial charge in [0, 0.05) is 44.5 Å². The zero-order chi connectivity index (χ0) is 24.7. The summed E-state index contributed by atoms with van der Waals surface area (Å²) in [6, 6.07) is 24.9. The Balaban J connectivity index is 0.000000145. The SMILES string of the molecule is CCc1ccc2c(c1)C(=O)c1ccccc1C2=O.Cc1ccc2c(c1)C(=O)c1ccccc1C2=O. The summed E-state index contributed by atoms with van der Waals surface area (Å²) in [6.07, 6.45) is 0.858. The molecular formula is C31H22O4. The second kappa shape index (κ2) is 8.73. The highest BCUT2D eigenvalue weighted by Gasteiger charge is 2.30. The lowest BCUT2D eigenvalue weighted by atomic mass is 9.83. The molecule has 0 radical (unpaired) electrons. The first-order chi connectivity index (χ1) is 16.9. The Morgan fingerprint density at radius 2 is 0.829 bits per heavy atom. The lowest BCUT2D eigenvalue weighted by molar-refractivity contribution is 0.0979. The fourth-order valence-electron chi connectivity index (χ4n) is 4.58. The fourth-order valence-corrected chi connectivity index (χ4v) is 4.58. The Morgan fingerprint density at radius 3 is 1.29 bits per heavy atom. The van der Waals surface area contributed by atoms with E-state index in [1.54, 1.807) is 66.7 Å². The van der Waals surface area contributed by atoms with Gasteiger partial charge in [0.2, 0.25) is 0 Å². The Kier molecular flexibility index (Phi) is 5.58. The summed E-state index contributed by atoms with van der Waals surface area (Å²) in [6.45, 7) is 3.95. The minimum Gasteiger partial charge on any atom is -0.289 e. The maximum atomic E-state index is 12.4. The van der Waals surface area contributed by atoms with Crippen molar-refractivity contribution in [2.75, 3.05) is 0 Å². The van der Waals surface area contributed by atoms with Gasteiger partial charge in [0.15, 0.2) is 23.1 Å². The Morgan fingerprint density at radius 1 is 0.457 bits per heavy atom. The van der Waals surface area contributed by atoms with Gasteiger partial charge in [0.05, 0.1) is 0 Å². The van der Waals surface area contributed by atoms with E-state index in [4.69, 9.17) is 0 Å². The van der Waals surface area contributed by atoms with Gasteiger partial charge in [-0.25, -0.2) is 0 Å². The highest BCUT2D eigenvalue weighted by Crippen LogP contribution is 2.29. The van der Waals surface area contributed by atoms with Crippen molar-refractivity contribution in [3.63, 3.8) is 0 Å². The van der Waals surface area contributed by atoms with Crippen LogP contribution in [0.4, 0.5) is 0 Å². The highest BCUT2D eigenvalue weighted by atomic mass is 16.1. The molecule has 170 valence electrons. The smallest absolute Gasteiger partial charge is 0.194 e. The molecule has 4 aromatic rings. The van der Waals surface area contributed by atoms with Crippen LogP contribution in [-0.4, -0.2) is 23.1 Å². The van der Waals surface area contributed by atoms with Crippen molar-refractivity contribution >= 4 is 23.1 Å². The molecule has 0 aromatic heterocycles. The molecule has 6 rings (SSSR count). The topological polar surface area (TPSA) is 68.3 Å². The molecule has 0 aliphatic heterocycles. The standard InChI is InChI=1S/C16H12O2.C15H10O2/c1-2-10-7-8-13-14(9-10)16(18)12-6-4-3-5-11(12)15(13)17;1-9-6-7-12-13(8-9)15(17)11-5-3-2-4-10(11)14(12)16/h3-9H,2H2,1H3;2-8H,1H3. The molecular weight excluding hydrogens is 436 g/mol. The van der Waals surface area contributed by atoms with Gasteiger partial charge in [-0.2, -0.15) is 0 Å². The van der Waals surface area contributed by atoms with E-state index in [0.29, 0.717) is 44.5 Å². The Labute approximate surface area is 203 Å². The van der Waals surface area contributed by atoms with Crippen LogP contribution < -0.4 is 0 Å². The van der Waals surface area contributed by atoms with E-state index < -0.39 is 0 Å². The van der Waals surface area contributed by atoms with Crippen molar-refractivity contribution in [1.82, 2.24) is 0 Å². The summed E-state index contributed by atoms with van der Waals surface area (Å²) >= 11 is 0. The first-order valence-corrected chi connectivity index (χ1v) is 11.5. The summed E-state index contributed by atoms with van der Waals surface area (Å²) in [7, 11) is 0. The van der Waals surface area contributed by atoms with E-state index in [2.05, 4.69) is 0 Å². The molecule has 0 saturated heterocycles. The van der Waals surface area contributed by atoms with Crippen LogP contribution in [0.15, 0.2) is 84.9 Å². The predicted octanol–water partition coefficient (Wildman–Crippen LogP) is 5.79. The predicted molar refractivity (Wildman–Crippen MR) is 134 cm³/mol. The van der Waals surface area contributed by atoms with E-state index in [-0.39, 0.29) is 23.1 Å². The van der Waals surface area contributed by atoms with Crippen LogP contribution in [0, 0.1) is 6.92 Å². The molecule has 4 aromatic carbocycles. The average molecular weight is 459 g/mol. The molecule has 0 spiro atoms. The van der Waals surface area contributed by atoms with Gasteiger partial charge in [0.25, 0.3) is 0 Å². The third-order valence-electron chi connectivity index (χ3n) is 6.48. The van der Waals surface area contributed by atoms with E-state index >= 15 is 0 Å². The summed E-state index contributed by atoms with van der Waals surface area (Å²) in [5.41, 5.74) is 6.22. The molecule has 0 N–H and O–H groups in total. The van der Waals surface area contributed by atoms with Gasteiger partial charge in [-0.15, -0.1) is 0 Å². The number of ketones is 4. The highest BCUT2D eigenvalue weighted by molar-refractivity contribution is 6.29. The van der Waals surface area contributed by atoms with Gasteiger partial charge in [-0.05, 0) is 31.0 Å². The number of benzene rings is 4. The van der Waals surface area contributed by atoms with E-state index in [9.17, 15) is 19.2 Å². The molecule has 2 aliphatic rings. The lowest BCUT2D eigenvalue weighted by Crippen LogP contribution is -2.20. The number of rotatable bonds is 1. The first kappa shape index (κ1) is 22.4. The van der Waals surface area contributed by atoms with Crippen LogP contribution >= 0.6 is 0 Å². The van der Waals surface area contributed by atoms with Crippen LogP contribution in [-0.2, 0) is 6.42 Å².